The predicted molar refractivity (Wildman–Crippen MR) is 86.8 cm³/mol. The minimum Gasteiger partial charge on any atom is -0.360 e. The third-order valence-corrected chi connectivity index (χ3v) is 7.17. The van der Waals surface area contributed by atoms with Crippen molar-refractivity contribution < 1.29 is 17.7 Å². The second-order valence-electron chi connectivity index (χ2n) is 6.59. The predicted octanol–water partition coefficient (Wildman–Crippen LogP) is -0.0202. The van der Waals surface area contributed by atoms with Crippen molar-refractivity contribution in [1.82, 2.24) is 19.7 Å². The number of aryl methyl sites for hydroxylation is 2. The maximum Gasteiger partial charge on any atom is 0.248 e. The number of sulfonamides is 1. The molecule has 1 atom stereocenters. The Balaban J connectivity index is 1.65. The Morgan fingerprint density at radius 2 is 1.88 bits per heavy atom. The summed E-state index contributed by atoms with van der Waals surface area (Å²) in [6.07, 6.45) is 0. The van der Waals surface area contributed by atoms with Crippen molar-refractivity contribution in [3.63, 3.8) is 0 Å². The van der Waals surface area contributed by atoms with E-state index in [1.807, 2.05) is 6.92 Å². The number of piperazine rings is 1. The molecule has 1 aromatic heterocycles. The first-order valence-electron chi connectivity index (χ1n) is 8.25. The molecule has 1 N–H and O–H groups in total. The number of hydrogen-bond donors (Lipinski definition) is 1. The molecule has 1 aromatic rings. The van der Waals surface area contributed by atoms with E-state index in [4.69, 9.17) is 4.52 Å². The van der Waals surface area contributed by atoms with Gasteiger partial charge in [-0.2, -0.15) is 4.31 Å². The van der Waals surface area contributed by atoms with E-state index in [2.05, 4.69) is 10.5 Å². The Hall–Kier alpha value is -1.45. The zero-order valence-electron chi connectivity index (χ0n) is 14.3. The molecule has 0 aliphatic carbocycles. The summed E-state index contributed by atoms with van der Waals surface area (Å²) in [6, 6.07) is 0. The summed E-state index contributed by atoms with van der Waals surface area (Å²) in [4.78, 5) is 14.5. The molecule has 1 unspecified atom stereocenters. The largest absolute Gasteiger partial charge is 0.360 e. The maximum atomic E-state index is 12.8. The van der Waals surface area contributed by atoms with Gasteiger partial charge in [-0.1, -0.05) is 12.1 Å². The topological polar surface area (TPSA) is 95.8 Å². The molecule has 2 saturated heterocycles. The fourth-order valence-electron chi connectivity index (χ4n) is 3.28. The van der Waals surface area contributed by atoms with E-state index >= 15 is 0 Å². The Bertz CT molecular complexity index is 698. The Labute approximate surface area is 142 Å². The maximum absolute atomic E-state index is 12.8. The van der Waals surface area contributed by atoms with E-state index in [1.54, 1.807) is 18.7 Å². The van der Waals surface area contributed by atoms with Crippen molar-refractivity contribution in [2.75, 3.05) is 39.3 Å². The van der Waals surface area contributed by atoms with Crippen LogP contribution in [0.25, 0.3) is 0 Å². The second kappa shape index (κ2) is 6.45. The van der Waals surface area contributed by atoms with Crippen molar-refractivity contribution in [1.29, 1.82) is 0 Å². The fraction of sp³-hybridized carbons (Fsp3) is 0.733. The highest BCUT2D eigenvalue weighted by Gasteiger charge is 2.37. The van der Waals surface area contributed by atoms with Crippen LogP contribution in [0.5, 0.6) is 0 Å². The van der Waals surface area contributed by atoms with Gasteiger partial charge >= 0.3 is 0 Å². The molecule has 2 fully saturated rings. The lowest BCUT2D eigenvalue weighted by Gasteiger charge is -2.38. The van der Waals surface area contributed by atoms with E-state index in [0.717, 1.165) is 13.1 Å². The van der Waals surface area contributed by atoms with E-state index in [9.17, 15) is 13.2 Å². The fourth-order valence-corrected chi connectivity index (χ4v) is 4.99. The molecule has 9 heteroatoms. The molecule has 0 radical (unpaired) electrons. The van der Waals surface area contributed by atoms with Crippen molar-refractivity contribution in [2.24, 2.45) is 11.8 Å². The number of aromatic nitrogens is 1. The molecule has 0 aromatic carbocycles. The molecular weight excluding hydrogens is 332 g/mol. The highest BCUT2D eigenvalue weighted by Crippen LogP contribution is 2.25. The average molecular weight is 356 g/mol. The van der Waals surface area contributed by atoms with Crippen LogP contribution in [-0.2, 0) is 14.8 Å². The summed E-state index contributed by atoms with van der Waals surface area (Å²) in [7, 11) is -3.63. The van der Waals surface area contributed by atoms with Crippen molar-refractivity contribution >= 4 is 15.9 Å². The third-order valence-electron chi connectivity index (χ3n) is 5.03. The number of rotatable bonds is 4. The minimum atomic E-state index is -3.63. The number of nitrogens with zero attached hydrogens (tertiary/aromatic N) is 3. The molecule has 3 heterocycles. The Morgan fingerprint density at radius 1 is 1.25 bits per heavy atom. The van der Waals surface area contributed by atoms with E-state index < -0.39 is 10.0 Å². The molecule has 24 heavy (non-hydrogen) atoms. The zero-order valence-corrected chi connectivity index (χ0v) is 15.1. The minimum absolute atomic E-state index is 0.0167. The van der Waals surface area contributed by atoms with Gasteiger partial charge in [-0.3, -0.25) is 4.79 Å². The molecule has 3 rings (SSSR count). The van der Waals surface area contributed by atoms with Gasteiger partial charge in [0.25, 0.3) is 0 Å². The molecule has 0 saturated carbocycles. The van der Waals surface area contributed by atoms with Crippen molar-refractivity contribution in [3.05, 3.63) is 11.5 Å². The van der Waals surface area contributed by atoms with E-state index in [-0.39, 0.29) is 16.7 Å². The van der Waals surface area contributed by atoms with Gasteiger partial charge in [0.05, 0.1) is 0 Å². The van der Waals surface area contributed by atoms with Gasteiger partial charge in [-0.15, -0.1) is 0 Å². The van der Waals surface area contributed by atoms with Crippen molar-refractivity contribution in [2.45, 2.75) is 25.7 Å². The van der Waals surface area contributed by atoms with Crippen LogP contribution in [0.4, 0.5) is 0 Å². The number of amides is 1. The smallest absolute Gasteiger partial charge is 0.248 e. The number of carbonyl (C=O) groups is 1. The van der Waals surface area contributed by atoms with Gasteiger partial charge in [-0.25, -0.2) is 8.42 Å². The van der Waals surface area contributed by atoms with Gasteiger partial charge in [0.2, 0.25) is 15.9 Å². The van der Waals surface area contributed by atoms with Gasteiger partial charge in [0.15, 0.2) is 5.76 Å². The van der Waals surface area contributed by atoms with Crippen molar-refractivity contribution in [3.8, 4) is 0 Å². The van der Waals surface area contributed by atoms with E-state index in [0.29, 0.717) is 43.6 Å². The summed E-state index contributed by atoms with van der Waals surface area (Å²) in [5, 5.41) is 6.91. The van der Waals surface area contributed by atoms with Crippen LogP contribution in [0.2, 0.25) is 0 Å². The quantitative estimate of drug-likeness (QED) is 0.815. The van der Waals surface area contributed by atoms with Gasteiger partial charge < -0.3 is 14.7 Å². The van der Waals surface area contributed by atoms with Gasteiger partial charge in [-0.05, 0) is 32.9 Å². The standard InChI is InChI=1S/C15H24N4O4S/c1-10(13-8-16-9-13)15(20)18-4-6-19(7-5-18)24(21,22)14-11(2)17-23-12(14)3/h10,13,16H,4-9H2,1-3H3. The molecule has 0 spiro atoms. The monoisotopic (exact) mass is 356 g/mol. The first-order valence-corrected chi connectivity index (χ1v) is 9.69. The van der Waals surface area contributed by atoms with Crippen LogP contribution >= 0.6 is 0 Å². The Morgan fingerprint density at radius 3 is 2.33 bits per heavy atom. The normalized spacial score (nSPS) is 21.5. The molecule has 8 nitrogen and oxygen atoms in total. The average Bonchev–Trinajstić information content (AvgIpc) is 2.84. The third kappa shape index (κ3) is 2.96. The van der Waals surface area contributed by atoms with Gasteiger partial charge in [0.1, 0.15) is 10.6 Å². The van der Waals surface area contributed by atoms with Crippen LogP contribution in [0.1, 0.15) is 18.4 Å². The Kier molecular flexibility index (Phi) is 4.67. The zero-order chi connectivity index (χ0) is 17.5. The number of carbonyl (C=O) groups excluding carboxylic acids is 1. The summed E-state index contributed by atoms with van der Waals surface area (Å²) >= 11 is 0. The molecular formula is C15H24N4O4S. The van der Waals surface area contributed by atoms with Crippen LogP contribution in [0, 0.1) is 25.7 Å². The number of hydrogen-bond acceptors (Lipinski definition) is 6. The summed E-state index contributed by atoms with van der Waals surface area (Å²) in [6.45, 7) is 8.39. The van der Waals surface area contributed by atoms with Crippen LogP contribution in [0.3, 0.4) is 0 Å². The summed E-state index contributed by atoms with van der Waals surface area (Å²) in [5.74, 6) is 0.798. The van der Waals surface area contributed by atoms with E-state index in [1.165, 1.54) is 4.31 Å². The summed E-state index contributed by atoms with van der Waals surface area (Å²) in [5.41, 5.74) is 0.372. The highest BCUT2D eigenvalue weighted by molar-refractivity contribution is 7.89. The number of nitrogens with one attached hydrogen (secondary N) is 1. The lowest BCUT2D eigenvalue weighted by Crippen LogP contribution is -2.55. The lowest BCUT2D eigenvalue weighted by molar-refractivity contribution is -0.138. The van der Waals surface area contributed by atoms with Crippen LogP contribution in [-0.4, -0.2) is 68.0 Å². The first kappa shape index (κ1) is 17.4. The van der Waals surface area contributed by atoms with Crippen LogP contribution in [0.15, 0.2) is 9.42 Å². The van der Waals surface area contributed by atoms with Crippen LogP contribution < -0.4 is 5.32 Å². The molecule has 2 aliphatic heterocycles. The van der Waals surface area contributed by atoms with Gasteiger partial charge in [0, 0.05) is 32.1 Å². The SMILES string of the molecule is Cc1noc(C)c1S(=O)(=O)N1CCN(C(=O)C(C)C2CNC2)CC1. The molecule has 134 valence electrons. The molecule has 2 aliphatic rings. The molecule has 0 bridgehead atoms. The first-order chi connectivity index (χ1) is 11.3. The highest BCUT2D eigenvalue weighted by atomic mass is 32.2. The lowest BCUT2D eigenvalue weighted by atomic mass is 9.88. The summed E-state index contributed by atoms with van der Waals surface area (Å²) < 4.78 is 32.0. The molecule has 1 amide bonds. The second-order valence-corrected chi connectivity index (χ2v) is 8.46.